The summed E-state index contributed by atoms with van der Waals surface area (Å²) in [5.41, 5.74) is 0.773. The van der Waals surface area contributed by atoms with Crippen LogP contribution in [-0.4, -0.2) is 59.6 Å². The number of aromatic nitrogens is 2. The van der Waals surface area contributed by atoms with Crippen molar-refractivity contribution in [3.05, 3.63) is 10.0 Å². The second-order valence-electron chi connectivity index (χ2n) is 4.29. The number of hydrogen-bond acceptors (Lipinski definition) is 6. The van der Waals surface area contributed by atoms with Crippen LogP contribution in [0.3, 0.4) is 0 Å². The smallest absolute Gasteiger partial charge is 0.211 e. The number of rotatable bonds is 3. The van der Waals surface area contributed by atoms with Crippen LogP contribution in [0.5, 0.6) is 0 Å². The summed E-state index contributed by atoms with van der Waals surface area (Å²) in [6, 6.07) is 0. The van der Waals surface area contributed by atoms with E-state index in [1.807, 2.05) is 0 Å². The summed E-state index contributed by atoms with van der Waals surface area (Å²) in [5, 5.41) is 3.97. The van der Waals surface area contributed by atoms with E-state index in [0.717, 1.165) is 18.7 Å². The molecular weight excluding hydrogens is 296 g/mol. The van der Waals surface area contributed by atoms with Gasteiger partial charge in [-0.2, -0.15) is 0 Å². The molecule has 9 heteroatoms. The second-order valence-corrected chi connectivity index (χ2v) is 7.62. The van der Waals surface area contributed by atoms with E-state index in [2.05, 4.69) is 14.5 Å². The summed E-state index contributed by atoms with van der Waals surface area (Å²) in [4.78, 5) is 2.16. The summed E-state index contributed by atoms with van der Waals surface area (Å²) in [6.07, 6.45) is 2.08. The molecule has 0 atom stereocenters. The summed E-state index contributed by atoms with van der Waals surface area (Å²) >= 11 is 7.14. The first-order valence-electron chi connectivity index (χ1n) is 5.61. The maximum absolute atomic E-state index is 11.5. The number of hydrogen-bond donors (Lipinski definition) is 0. The Labute approximate surface area is 116 Å². The van der Waals surface area contributed by atoms with Gasteiger partial charge in [-0.1, -0.05) is 16.1 Å². The molecule has 0 saturated carbocycles. The highest BCUT2D eigenvalue weighted by Crippen LogP contribution is 2.19. The molecule has 102 valence electrons. The SMILES string of the molecule is CS(=O)(=O)N1CCCN(Cc2nnsc2Cl)CC1. The van der Waals surface area contributed by atoms with Gasteiger partial charge in [-0.05, 0) is 13.0 Å². The topological polar surface area (TPSA) is 66.4 Å². The van der Waals surface area contributed by atoms with Gasteiger partial charge in [0, 0.05) is 37.7 Å². The first-order valence-corrected chi connectivity index (χ1v) is 8.61. The molecule has 0 radical (unpaired) electrons. The Hall–Kier alpha value is -0.280. The van der Waals surface area contributed by atoms with Gasteiger partial charge in [-0.3, -0.25) is 4.90 Å². The molecule has 2 heterocycles. The molecule has 2 rings (SSSR count). The van der Waals surface area contributed by atoms with E-state index in [9.17, 15) is 8.42 Å². The first-order chi connectivity index (χ1) is 8.47. The van der Waals surface area contributed by atoms with Crippen molar-refractivity contribution in [2.24, 2.45) is 0 Å². The standard InChI is InChI=1S/C9H15ClN4O2S2/c1-18(15,16)14-4-2-3-13(5-6-14)7-8-9(10)17-12-11-8/h2-7H2,1H3. The molecule has 0 N–H and O–H groups in total. The van der Waals surface area contributed by atoms with Crippen molar-refractivity contribution in [3.8, 4) is 0 Å². The van der Waals surface area contributed by atoms with E-state index in [1.54, 1.807) is 0 Å². The Kier molecular flexibility index (Phi) is 4.54. The highest BCUT2D eigenvalue weighted by Gasteiger charge is 2.22. The highest BCUT2D eigenvalue weighted by atomic mass is 35.5. The van der Waals surface area contributed by atoms with Crippen LogP contribution in [0.4, 0.5) is 0 Å². The quantitative estimate of drug-likeness (QED) is 0.820. The van der Waals surface area contributed by atoms with E-state index in [-0.39, 0.29) is 0 Å². The van der Waals surface area contributed by atoms with Crippen molar-refractivity contribution in [1.82, 2.24) is 18.8 Å². The van der Waals surface area contributed by atoms with Gasteiger partial charge < -0.3 is 0 Å². The monoisotopic (exact) mass is 310 g/mol. The van der Waals surface area contributed by atoms with Crippen molar-refractivity contribution in [2.75, 3.05) is 32.4 Å². The van der Waals surface area contributed by atoms with E-state index >= 15 is 0 Å². The number of nitrogens with zero attached hydrogens (tertiary/aromatic N) is 4. The van der Waals surface area contributed by atoms with Gasteiger partial charge in [-0.15, -0.1) is 5.10 Å². The van der Waals surface area contributed by atoms with Crippen molar-refractivity contribution >= 4 is 33.2 Å². The van der Waals surface area contributed by atoms with Gasteiger partial charge in [0.25, 0.3) is 0 Å². The summed E-state index contributed by atoms with van der Waals surface area (Å²) in [5.74, 6) is 0. The average molecular weight is 311 g/mol. The molecule has 1 aliphatic heterocycles. The van der Waals surface area contributed by atoms with Crippen molar-refractivity contribution in [3.63, 3.8) is 0 Å². The molecule has 6 nitrogen and oxygen atoms in total. The van der Waals surface area contributed by atoms with Crippen molar-refractivity contribution in [1.29, 1.82) is 0 Å². The fourth-order valence-electron chi connectivity index (χ4n) is 1.94. The zero-order chi connectivity index (χ0) is 13.2. The fourth-order valence-corrected chi connectivity index (χ4v) is 3.43. The van der Waals surface area contributed by atoms with Crippen LogP contribution in [0.2, 0.25) is 4.34 Å². The lowest BCUT2D eigenvalue weighted by atomic mass is 10.3. The maximum Gasteiger partial charge on any atom is 0.211 e. The van der Waals surface area contributed by atoms with Gasteiger partial charge in [0.05, 0.1) is 6.26 Å². The van der Waals surface area contributed by atoms with E-state index in [0.29, 0.717) is 30.5 Å². The normalized spacial score (nSPS) is 19.9. The third-order valence-electron chi connectivity index (χ3n) is 2.90. The molecule has 1 aromatic heterocycles. The van der Waals surface area contributed by atoms with E-state index in [1.165, 1.54) is 22.1 Å². The zero-order valence-corrected chi connectivity index (χ0v) is 12.4. The Morgan fingerprint density at radius 1 is 1.33 bits per heavy atom. The minimum absolute atomic E-state index is 0.522. The lowest BCUT2D eigenvalue weighted by Gasteiger charge is -2.19. The summed E-state index contributed by atoms with van der Waals surface area (Å²) in [6.45, 7) is 3.28. The lowest BCUT2D eigenvalue weighted by molar-refractivity contribution is 0.275. The van der Waals surface area contributed by atoms with Gasteiger partial charge in [-0.25, -0.2) is 12.7 Å². The van der Waals surface area contributed by atoms with Crippen LogP contribution in [0, 0.1) is 0 Å². The van der Waals surface area contributed by atoms with Gasteiger partial charge in [0.2, 0.25) is 10.0 Å². The van der Waals surface area contributed by atoms with E-state index < -0.39 is 10.0 Å². The molecule has 0 bridgehead atoms. The minimum Gasteiger partial charge on any atom is -0.296 e. The molecule has 18 heavy (non-hydrogen) atoms. The first kappa shape index (κ1) is 14.1. The van der Waals surface area contributed by atoms with Crippen LogP contribution in [-0.2, 0) is 16.6 Å². The van der Waals surface area contributed by atoms with Crippen LogP contribution < -0.4 is 0 Å². The number of sulfonamides is 1. The molecule has 0 aliphatic carbocycles. The van der Waals surface area contributed by atoms with Crippen LogP contribution >= 0.6 is 23.1 Å². The van der Waals surface area contributed by atoms with Gasteiger partial charge in [0.1, 0.15) is 10.0 Å². The van der Waals surface area contributed by atoms with Crippen molar-refractivity contribution < 1.29 is 8.42 Å². The van der Waals surface area contributed by atoms with Crippen LogP contribution in [0.15, 0.2) is 0 Å². The molecular formula is C9H15ClN4O2S2. The van der Waals surface area contributed by atoms with Gasteiger partial charge >= 0.3 is 0 Å². The predicted molar refractivity (Wildman–Crippen MR) is 71.2 cm³/mol. The van der Waals surface area contributed by atoms with E-state index in [4.69, 9.17) is 11.6 Å². The minimum atomic E-state index is -3.09. The van der Waals surface area contributed by atoms with Crippen LogP contribution in [0.25, 0.3) is 0 Å². The second kappa shape index (κ2) is 5.79. The summed E-state index contributed by atoms with van der Waals surface area (Å²) in [7, 11) is -3.09. The Morgan fingerprint density at radius 3 is 2.72 bits per heavy atom. The Bertz CT molecular complexity index is 504. The van der Waals surface area contributed by atoms with Crippen LogP contribution in [0.1, 0.15) is 12.1 Å². The number of halogens is 1. The maximum atomic E-state index is 11.5. The van der Waals surface area contributed by atoms with Gasteiger partial charge in [0.15, 0.2) is 0 Å². The summed E-state index contributed by atoms with van der Waals surface area (Å²) < 4.78 is 28.9. The van der Waals surface area contributed by atoms with Crippen molar-refractivity contribution in [2.45, 2.75) is 13.0 Å². The molecule has 1 aromatic rings. The Balaban J connectivity index is 1.96. The average Bonchev–Trinajstić information content (AvgIpc) is 2.54. The molecule has 1 fully saturated rings. The highest BCUT2D eigenvalue weighted by molar-refractivity contribution is 7.88. The Morgan fingerprint density at radius 2 is 2.11 bits per heavy atom. The molecule has 0 aromatic carbocycles. The third kappa shape index (κ3) is 3.61. The third-order valence-corrected chi connectivity index (χ3v) is 5.19. The lowest BCUT2D eigenvalue weighted by Crippen LogP contribution is -2.34. The molecule has 0 amide bonds. The largest absolute Gasteiger partial charge is 0.296 e. The molecule has 1 saturated heterocycles. The molecule has 1 aliphatic rings. The fraction of sp³-hybridized carbons (Fsp3) is 0.778. The zero-order valence-electron chi connectivity index (χ0n) is 10.0. The molecule has 0 spiro atoms. The molecule has 0 unspecified atom stereocenters. The predicted octanol–water partition coefficient (Wildman–Crippen LogP) is 0.659.